The second-order valence-electron chi connectivity index (χ2n) is 4.45. The lowest BCUT2D eigenvalue weighted by atomic mass is 10.1. The summed E-state index contributed by atoms with van der Waals surface area (Å²) in [5.41, 5.74) is 1.24. The number of ketones is 1. The van der Waals surface area contributed by atoms with Gasteiger partial charge in [0.15, 0.2) is 5.78 Å². The zero-order valence-electron chi connectivity index (χ0n) is 11.4. The lowest BCUT2D eigenvalue weighted by Gasteiger charge is -2.06. The lowest BCUT2D eigenvalue weighted by molar-refractivity contribution is 0.101. The summed E-state index contributed by atoms with van der Waals surface area (Å²) >= 11 is 0. The molecule has 2 aromatic rings. The molecule has 1 heterocycles. The molecule has 0 radical (unpaired) electrons. The SMILES string of the molecule is CC(=O)c1ccc(NC(=O)NCc2ccc(C)o2)cc1. The minimum atomic E-state index is -0.324. The molecule has 5 nitrogen and oxygen atoms in total. The second kappa shape index (κ2) is 6.06. The number of hydrogen-bond donors (Lipinski definition) is 2. The van der Waals surface area contributed by atoms with Crippen LogP contribution in [0.15, 0.2) is 40.8 Å². The van der Waals surface area contributed by atoms with E-state index in [4.69, 9.17) is 4.42 Å². The van der Waals surface area contributed by atoms with Crippen LogP contribution in [0.4, 0.5) is 10.5 Å². The Morgan fingerprint density at radius 1 is 1.10 bits per heavy atom. The molecular weight excluding hydrogens is 256 g/mol. The van der Waals surface area contributed by atoms with Gasteiger partial charge < -0.3 is 15.1 Å². The Bertz CT molecular complexity index is 614. The Kier molecular flexibility index (Phi) is 4.20. The van der Waals surface area contributed by atoms with E-state index in [9.17, 15) is 9.59 Å². The summed E-state index contributed by atoms with van der Waals surface area (Å²) in [4.78, 5) is 22.8. The van der Waals surface area contributed by atoms with E-state index < -0.39 is 0 Å². The number of hydrogen-bond acceptors (Lipinski definition) is 3. The monoisotopic (exact) mass is 272 g/mol. The Labute approximate surface area is 117 Å². The number of urea groups is 1. The highest BCUT2D eigenvalue weighted by molar-refractivity contribution is 5.95. The first-order chi connectivity index (χ1) is 9.54. The van der Waals surface area contributed by atoms with Crippen LogP contribution in [0.25, 0.3) is 0 Å². The molecule has 1 aromatic heterocycles. The van der Waals surface area contributed by atoms with E-state index in [0.717, 1.165) is 5.76 Å². The lowest BCUT2D eigenvalue weighted by Crippen LogP contribution is -2.27. The minimum Gasteiger partial charge on any atom is -0.465 e. The van der Waals surface area contributed by atoms with Crippen LogP contribution in [0.2, 0.25) is 0 Å². The van der Waals surface area contributed by atoms with Crippen molar-refractivity contribution in [2.24, 2.45) is 0 Å². The highest BCUT2D eigenvalue weighted by Gasteiger charge is 2.04. The molecule has 0 fully saturated rings. The Balaban J connectivity index is 1.86. The number of rotatable bonds is 4. The van der Waals surface area contributed by atoms with Crippen molar-refractivity contribution in [2.45, 2.75) is 20.4 Å². The molecule has 1 aromatic carbocycles. The third-order valence-corrected chi connectivity index (χ3v) is 2.77. The summed E-state index contributed by atoms with van der Waals surface area (Å²) in [5.74, 6) is 1.50. The molecule has 2 N–H and O–H groups in total. The van der Waals surface area contributed by atoms with Crippen LogP contribution in [-0.2, 0) is 6.54 Å². The van der Waals surface area contributed by atoms with Gasteiger partial charge in [0, 0.05) is 11.3 Å². The molecule has 2 rings (SSSR count). The van der Waals surface area contributed by atoms with E-state index in [1.54, 1.807) is 24.3 Å². The van der Waals surface area contributed by atoms with Crippen LogP contribution >= 0.6 is 0 Å². The van der Waals surface area contributed by atoms with Gasteiger partial charge in [0.1, 0.15) is 11.5 Å². The summed E-state index contributed by atoms with van der Waals surface area (Å²) in [6.07, 6.45) is 0. The van der Waals surface area contributed by atoms with Gasteiger partial charge in [-0.3, -0.25) is 4.79 Å². The molecule has 104 valence electrons. The van der Waals surface area contributed by atoms with Crippen molar-refractivity contribution in [1.29, 1.82) is 0 Å². The van der Waals surface area contributed by atoms with Gasteiger partial charge in [-0.1, -0.05) is 0 Å². The van der Waals surface area contributed by atoms with Gasteiger partial charge in [-0.2, -0.15) is 0 Å². The van der Waals surface area contributed by atoms with Gasteiger partial charge in [0.2, 0.25) is 0 Å². The summed E-state index contributed by atoms with van der Waals surface area (Å²) in [7, 11) is 0. The maximum atomic E-state index is 11.7. The number of aryl methyl sites for hydroxylation is 1. The molecule has 0 saturated carbocycles. The fraction of sp³-hybridized carbons (Fsp3) is 0.200. The Morgan fingerprint density at radius 3 is 2.35 bits per heavy atom. The zero-order valence-corrected chi connectivity index (χ0v) is 11.4. The Hall–Kier alpha value is -2.56. The standard InChI is InChI=1S/C15H16N2O3/c1-10-3-8-14(20-10)9-16-15(19)17-13-6-4-12(5-7-13)11(2)18/h3-8H,9H2,1-2H3,(H2,16,17,19). The largest absolute Gasteiger partial charge is 0.465 e. The normalized spacial score (nSPS) is 10.1. The van der Waals surface area contributed by atoms with Gasteiger partial charge >= 0.3 is 6.03 Å². The smallest absolute Gasteiger partial charge is 0.319 e. The van der Waals surface area contributed by atoms with Gasteiger partial charge in [-0.15, -0.1) is 0 Å². The number of benzene rings is 1. The van der Waals surface area contributed by atoms with Gasteiger partial charge in [-0.25, -0.2) is 4.79 Å². The zero-order chi connectivity index (χ0) is 14.5. The molecule has 5 heteroatoms. The van der Waals surface area contributed by atoms with Crippen LogP contribution in [0.5, 0.6) is 0 Å². The van der Waals surface area contributed by atoms with Crippen molar-refractivity contribution in [1.82, 2.24) is 5.32 Å². The molecule has 0 bridgehead atoms. The summed E-state index contributed by atoms with van der Waals surface area (Å²) in [6, 6.07) is 10.1. The van der Waals surface area contributed by atoms with Crippen molar-refractivity contribution in [3.63, 3.8) is 0 Å². The predicted molar refractivity (Wildman–Crippen MR) is 75.7 cm³/mol. The molecule has 0 aliphatic heterocycles. The summed E-state index contributed by atoms with van der Waals surface area (Å²) < 4.78 is 5.35. The third kappa shape index (κ3) is 3.71. The molecule has 0 aliphatic rings. The van der Waals surface area contributed by atoms with Gasteiger partial charge in [0.05, 0.1) is 6.54 Å². The highest BCUT2D eigenvalue weighted by Crippen LogP contribution is 2.10. The van der Waals surface area contributed by atoms with Crippen LogP contribution < -0.4 is 10.6 Å². The van der Waals surface area contributed by atoms with Crippen LogP contribution in [-0.4, -0.2) is 11.8 Å². The second-order valence-corrected chi connectivity index (χ2v) is 4.45. The quantitative estimate of drug-likeness (QED) is 0.840. The van der Waals surface area contributed by atoms with E-state index in [1.807, 2.05) is 19.1 Å². The number of nitrogens with one attached hydrogen (secondary N) is 2. The first-order valence-corrected chi connectivity index (χ1v) is 6.26. The van der Waals surface area contributed by atoms with E-state index in [0.29, 0.717) is 23.6 Å². The van der Waals surface area contributed by atoms with Crippen LogP contribution in [0.1, 0.15) is 28.8 Å². The average Bonchev–Trinajstić information content (AvgIpc) is 2.83. The first kappa shape index (κ1) is 13.9. The van der Waals surface area contributed by atoms with E-state index in [2.05, 4.69) is 10.6 Å². The minimum absolute atomic E-state index is 0.00538. The molecule has 0 aliphatic carbocycles. The van der Waals surface area contributed by atoms with E-state index in [-0.39, 0.29) is 11.8 Å². The summed E-state index contributed by atoms with van der Waals surface area (Å²) in [5, 5.41) is 5.37. The Morgan fingerprint density at radius 2 is 1.80 bits per heavy atom. The maximum absolute atomic E-state index is 11.7. The molecular formula is C15H16N2O3. The van der Waals surface area contributed by atoms with E-state index in [1.165, 1.54) is 6.92 Å². The number of Topliss-reactive ketones (excluding diaryl/α,β-unsaturated/α-hetero) is 1. The van der Waals surface area contributed by atoms with Gasteiger partial charge in [0.25, 0.3) is 0 Å². The fourth-order valence-corrected chi connectivity index (χ4v) is 1.71. The molecule has 0 spiro atoms. The maximum Gasteiger partial charge on any atom is 0.319 e. The van der Waals surface area contributed by atoms with Crippen LogP contribution in [0, 0.1) is 6.92 Å². The molecule has 2 amide bonds. The predicted octanol–water partition coefficient (Wildman–Crippen LogP) is 3.11. The molecule has 0 unspecified atom stereocenters. The number of amides is 2. The van der Waals surface area contributed by atoms with Crippen molar-refractivity contribution in [2.75, 3.05) is 5.32 Å². The van der Waals surface area contributed by atoms with Crippen molar-refractivity contribution in [3.05, 3.63) is 53.5 Å². The van der Waals surface area contributed by atoms with Gasteiger partial charge in [-0.05, 0) is 50.2 Å². The molecule has 0 saturated heterocycles. The highest BCUT2D eigenvalue weighted by atomic mass is 16.3. The fourth-order valence-electron chi connectivity index (χ4n) is 1.71. The first-order valence-electron chi connectivity index (χ1n) is 6.26. The average molecular weight is 272 g/mol. The molecule has 0 atom stereocenters. The van der Waals surface area contributed by atoms with Crippen LogP contribution in [0.3, 0.4) is 0 Å². The molecule has 20 heavy (non-hydrogen) atoms. The topological polar surface area (TPSA) is 71.3 Å². The van der Waals surface area contributed by atoms with Crippen molar-refractivity contribution in [3.8, 4) is 0 Å². The number of carbonyl (C=O) groups is 2. The van der Waals surface area contributed by atoms with Crippen molar-refractivity contribution >= 4 is 17.5 Å². The third-order valence-electron chi connectivity index (χ3n) is 2.77. The van der Waals surface area contributed by atoms with E-state index >= 15 is 0 Å². The van der Waals surface area contributed by atoms with Crippen molar-refractivity contribution < 1.29 is 14.0 Å². The summed E-state index contributed by atoms with van der Waals surface area (Å²) in [6.45, 7) is 3.67. The number of anilines is 1. The number of carbonyl (C=O) groups excluding carboxylic acids is 2. The number of furan rings is 1.